The molecule has 0 aliphatic heterocycles. The highest BCUT2D eigenvalue weighted by molar-refractivity contribution is 8.00. The van der Waals surface area contributed by atoms with E-state index in [1.165, 1.54) is 28.6 Å². The van der Waals surface area contributed by atoms with Gasteiger partial charge in [0, 0.05) is 10.6 Å². The van der Waals surface area contributed by atoms with Crippen LogP contribution in [0.4, 0.5) is 5.69 Å². The summed E-state index contributed by atoms with van der Waals surface area (Å²) in [7, 11) is 0. The molecule has 1 aliphatic carbocycles. The summed E-state index contributed by atoms with van der Waals surface area (Å²) in [6.07, 6.45) is 3.50. The molecule has 0 unspecified atom stereocenters. The van der Waals surface area contributed by atoms with Gasteiger partial charge in [0.15, 0.2) is 0 Å². The molecule has 0 radical (unpaired) electrons. The minimum Gasteiger partial charge on any atom is -0.410 e. The molecule has 3 aromatic rings. The zero-order chi connectivity index (χ0) is 19.7. The molecule has 1 amide bonds. The fourth-order valence-corrected chi connectivity index (χ4v) is 5.15. The van der Waals surface area contributed by atoms with E-state index in [1.54, 1.807) is 11.3 Å². The molecule has 2 heterocycles. The van der Waals surface area contributed by atoms with Gasteiger partial charge in [-0.25, -0.2) is 0 Å². The van der Waals surface area contributed by atoms with Crippen molar-refractivity contribution < 1.29 is 9.21 Å². The summed E-state index contributed by atoms with van der Waals surface area (Å²) in [4.78, 5) is 14.9. The number of benzene rings is 1. The van der Waals surface area contributed by atoms with E-state index < -0.39 is 0 Å². The average Bonchev–Trinajstić information content (AvgIpc) is 3.27. The number of hydrogen-bond acceptors (Lipinski definition) is 6. The van der Waals surface area contributed by atoms with Gasteiger partial charge in [0.2, 0.25) is 5.91 Å². The zero-order valence-electron chi connectivity index (χ0n) is 16.2. The normalized spacial score (nSPS) is 17.2. The number of hydrogen-bond donors (Lipinski definition) is 1. The van der Waals surface area contributed by atoms with E-state index in [-0.39, 0.29) is 11.2 Å². The Morgan fingerprint density at radius 3 is 3.04 bits per heavy atom. The van der Waals surface area contributed by atoms with E-state index in [2.05, 4.69) is 28.5 Å². The van der Waals surface area contributed by atoms with Gasteiger partial charge < -0.3 is 9.73 Å². The Balaban J connectivity index is 1.41. The largest absolute Gasteiger partial charge is 0.410 e. The smallest absolute Gasteiger partial charge is 0.277 e. The Morgan fingerprint density at radius 2 is 2.21 bits per heavy atom. The molecule has 28 heavy (non-hydrogen) atoms. The van der Waals surface area contributed by atoms with Crippen LogP contribution in [0.1, 0.15) is 36.3 Å². The molecule has 5 nitrogen and oxygen atoms in total. The van der Waals surface area contributed by atoms with Crippen LogP contribution in [-0.4, -0.2) is 21.4 Å². The molecule has 0 saturated carbocycles. The topological polar surface area (TPSA) is 68.0 Å². The van der Waals surface area contributed by atoms with Crippen LogP contribution in [0.3, 0.4) is 0 Å². The molecule has 0 spiro atoms. The molecule has 0 bridgehead atoms. The first kappa shape index (κ1) is 19.2. The van der Waals surface area contributed by atoms with E-state index in [0.717, 1.165) is 34.9 Å². The third-order valence-corrected chi connectivity index (χ3v) is 7.04. The van der Waals surface area contributed by atoms with Gasteiger partial charge in [-0.1, -0.05) is 30.8 Å². The summed E-state index contributed by atoms with van der Waals surface area (Å²) in [5.41, 5.74) is 3.31. The Labute approximate surface area is 173 Å². The minimum absolute atomic E-state index is 0.0871. The van der Waals surface area contributed by atoms with Crippen molar-refractivity contribution in [2.75, 3.05) is 5.32 Å². The number of nitrogens with one attached hydrogen (secondary N) is 1. The molecule has 2 aromatic heterocycles. The van der Waals surface area contributed by atoms with Gasteiger partial charge in [0.25, 0.3) is 11.1 Å². The number of aromatic nitrogens is 2. The lowest BCUT2D eigenvalue weighted by molar-refractivity contribution is -0.115. The number of carbonyl (C=O) groups is 1. The van der Waals surface area contributed by atoms with Crippen LogP contribution in [0.25, 0.3) is 10.8 Å². The lowest BCUT2D eigenvalue weighted by Gasteiger charge is -2.16. The molecule has 1 aromatic carbocycles. The summed E-state index contributed by atoms with van der Waals surface area (Å²) >= 11 is 3.03. The molecule has 0 saturated heterocycles. The summed E-state index contributed by atoms with van der Waals surface area (Å²) in [6.45, 7) is 6.13. The molecule has 7 heteroatoms. The van der Waals surface area contributed by atoms with Crippen molar-refractivity contribution in [3.05, 3.63) is 46.3 Å². The van der Waals surface area contributed by atoms with Gasteiger partial charge in [0.1, 0.15) is 0 Å². The summed E-state index contributed by atoms with van der Waals surface area (Å²) in [5.74, 6) is 1.19. The number of amides is 1. The van der Waals surface area contributed by atoms with Gasteiger partial charge in [-0.3, -0.25) is 4.79 Å². The SMILES string of the molecule is Cc1cccc(NC(=O)[C@H](C)Sc2nnc(-c3cc4c(s3)CC[C@@H](C)C4)o2)c1. The predicted molar refractivity (Wildman–Crippen MR) is 114 cm³/mol. The fourth-order valence-electron chi connectivity index (χ4n) is 3.34. The van der Waals surface area contributed by atoms with Crippen LogP contribution in [0.15, 0.2) is 40.0 Å². The fraction of sp³-hybridized carbons (Fsp3) is 0.381. The van der Waals surface area contributed by atoms with Crippen molar-refractivity contribution in [3.63, 3.8) is 0 Å². The van der Waals surface area contributed by atoms with E-state index in [4.69, 9.17) is 4.42 Å². The molecule has 1 aliphatic rings. The van der Waals surface area contributed by atoms with E-state index >= 15 is 0 Å². The van der Waals surface area contributed by atoms with Crippen molar-refractivity contribution in [2.45, 2.75) is 50.5 Å². The molecule has 1 N–H and O–H groups in total. The van der Waals surface area contributed by atoms with Crippen LogP contribution in [-0.2, 0) is 17.6 Å². The first-order valence-electron chi connectivity index (χ1n) is 9.47. The molecular weight excluding hydrogens is 390 g/mol. The number of anilines is 1. The maximum Gasteiger partial charge on any atom is 0.277 e. The van der Waals surface area contributed by atoms with Crippen LogP contribution in [0.2, 0.25) is 0 Å². The second-order valence-corrected chi connectivity index (χ2v) is 9.83. The standard InChI is InChI=1S/C21H23N3O2S2/c1-12-5-4-6-16(10-12)22-19(25)14(3)27-21-24-23-20(26-21)18-11-15-9-13(2)7-8-17(15)28-18/h4-6,10-11,13-14H,7-9H2,1-3H3,(H,22,25)/t13-,14+/m1/s1. The Morgan fingerprint density at radius 1 is 1.36 bits per heavy atom. The first-order valence-corrected chi connectivity index (χ1v) is 11.2. The monoisotopic (exact) mass is 413 g/mol. The van der Waals surface area contributed by atoms with Crippen LogP contribution < -0.4 is 5.32 Å². The summed E-state index contributed by atoms with van der Waals surface area (Å²) in [6, 6.07) is 9.93. The highest BCUT2D eigenvalue weighted by atomic mass is 32.2. The Hall–Kier alpha value is -2.12. The van der Waals surface area contributed by atoms with Crippen molar-refractivity contribution >= 4 is 34.7 Å². The van der Waals surface area contributed by atoms with Gasteiger partial charge in [-0.2, -0.15) is 0 Å². The second-order valence-electron chi connectivity index (χ2n) is 7.40. The van der Waals surface area contributed by atoms with E-state index in [0.29, 0.717) is 11.1 Å². The number of nitrogens with zero attached hydrogens (tertiary/aromatic N) is 2. The number of fused-ring (bicyclic) bond motifs is 1. The zero-order valence-corrected chi connectivity index (χ0v) is 17.8. The lowest BCUT2D eigenvalue weighted by atomic mass is 9.90. The number of aryl methyl sites for hydroxylation is 2. The first-order chi connectivity index (χ1) is 13.5. The maximum absolute atomic E-state index is 12.4. The van der Waals surface area contributed by atoms with Crippen molar-refractivity contribution in [1.82, 2.24) is 10.2 Å². The van der Waals surface area contributed by atoms with Crippen LogP contribution in [0.5, 0.6) is 0 Å². The minimum atomic E-state index is -0.341. The average molecular weight is 414 g/mol. The number of rotatable bonds is 5. The van der Waals surface area contributed by atoms with Gasteiger partial charge in [-0.15, -0.1) is 21.5 Å². The van der Waals surface area contributed by atoms with Gasteiger partial charge in [0.05, 0.1) is 10.1 Å². The number of carbonyl (C=O) groups excluding carboxylic acids is 1. The summed E-state index contributed by atoms with van der Waals surface area (Å²) < 4.78 is 5.84. The van der Waals surface area contributed by atoms with E-state index in [1.807, 2.05) is 38.1 Å². The second kappa shape index (κ2) is 8.09. The lowest BCUT2D eigenvalue weighted by Crippen LogP contribution is -2.22. The Kier molecular flexibility index (Phi) is 5.55. The third kappa shape index (κ3) is 4.31. The maximum atomic E-state index is 12.4. The van der Waals surface area contributed by atoms with Crippen molar-refractivity contribution in [1.29, 1.82) is 0 Å². The van der Waals surface area contributed by atoms with Crippen LogP contribution >= 0.6 is 23.1 Å². The third-order valence-electron chi connectivity index (χ3n) is 4.88. The van der Waals surface area contributed by atoms with Crippen molar-refractivity contribution in [3.8, 4) is 10.8 Å². The molecule has 146 valence electrons. The molecule has 2 atom stereocenters. The van der Waals surface area contributed by atoms with Crippen LogP contribution in [0, 0.1) is 12.8 Å². The predicted octanol–water partition coefficient (Wildman–Crippen LogP) is 5.35. The molecule has 0 fully saturated rings. The Bertz CT molecular complexity index is 995. The van der Waals surface area contributed by atoms with Gasteiger partial charge >= 0.3 is 0 Å². The highest BCUT2D eigenvalue weighted by Crippen LogP contribution is 2.37. The quantitative estimate of drug-likeness (QED) is 0.571. The molecular formula is C21H23N3O2S2. The van der Waals surface area contributed by atoms with Crippen molar-refractivity contribution in [2.24, 2.45) is 5.92 Å². The number of thiophene rings is 1. The number of thioether (sulfide) groups is 1. The summed E-state index contributed by atoms with van der Waals surface area (Å²) in [5, 5.41) is 11.3. The van der Waals surface area contributed by atoms with E-state index in [9.17, 15) is 4.79 Å². The van der Waals surface area contributed by atoms with Gasteiger partial charge in [-0.05, 0) is 68.4 Å². The molecule has 4 rings (SSSR count). The highest BCUT2D eigenvalue weighted by Gasteiger charge is 2.22.